The summed E-state index contributed by atoms with van der Waals surface area (Å²) in [6.07, 6.45) is 1.58. The van der Waals surface area contributed by atoms with Gasteiger partial charge in [0.1, 0.15) is 6.54 Å². The van der Waals surface area contributed by atoms with Gasteiger partial charge in [0.15, 0.2) is 5.65 Å². The number of benzene rings is 2. The molecule has 0 unspecified atom stereocenters. The summed E-state index contributed by atoms with van der Waals surface area (Å²) in [4.78, 5) is 29.9. The summed E-state index contributed by atoms with van der Waals surface area (Å²) < 4.78 is 7.91. The number of nitrogens with one attached hydrogen (secondary N) is 1. The number of rotatable bonds is 5. The zero-order chi connectivity index (χ0) is 22.9. The SMILES string of the molecule is Cc1ccc(NC(=O)Cn2nc3c(-c4nc(-c5ccccc5)no4)cccn3c2=O)c(C)c1. The molecule has 0 aliphatic heterocycles. The van der Waals surface area contributed by atoms with Crippen molar-refractivity contribution in [1.82, 2.24) is 24.3 Å². The van der Waals surface area contributed by atoms with Gasteiger partial charge in [-0.05, 0) is 37.6 Å². The van der Waals surface area contributed by atoms with Crippen LogP contribution in [-0.2, 0) is 11.3 Å². The number of carbonyl (C=O) groups is 1. The van der Waals surface area contributed by atoms with Crippen LogP contribution in [0.2, 0.25) is 0 Å². The van der Waals surface area contributed by atoms with E-state index in [1.807, 2.05) is 62.4 Å². The highest BCUT2D eigenvalue weighted by Gasteiger charge is 2.18. The molecule has 0 saturated carbocycles. The summed E-state index contributed by atoms with van der Waals surface area (Å²) >= 11 is 0. The maximum Gasteiger partial charge on any atom is 0.350 e. The fourth-order valence-electron chi connectivity index (χ4n) is 3.62. The van der Waals surface area contributed by atoms with Gasteiger partial charge in [-0.3, -0.25) is 4.79 Å². The van der Waals surface area contributed by atoms with Crippen LogP contribution in [0.5, 0.6) is 0 Å². The average molecular weight is 440 g/mol. The standard InChI is InChI=1S/C24H20N6O3/c1-15-10-11-19(16(2)13-15)25-20(31)14-30-24(32)29-12-6-9-18(22(29)27-30)23-26-21(28-33-23)17-7-4-3-5-8-17/h3-13H,14H2,1-2H3,(H,25,31). The summed E-state index contributed by atoms with van der Waals surface area (Å²) in [5.41, 5.74) is 3.94. The van der Waals surface area contributed by atoms with Crippen LogP contribution in [0.1, 0.15) is 11.1 Å². The molecule has 5 rings (SSSR count). The quantitative estimate of drug-likeness (QED) is 0.448. The van der Waals surface area contributed by atoms with Gasteiger partial charge in [-0.15, -0.1) is 5.10 Å². The minimum Gasteiger partial charge on any atom is -0.333 e. The third-order valence-electron chi connectivity index (χ3n) is 5.25. The molecule has 1 amide bonds. The van der Waals surface area contributed by atoms with E-state index < -0.39 is 5.69 Å². The molecular weight excluding hydrogens is 420 g/mol. The van der Waals surface area contributed by atoms with Crippen LogP contribution < -0.4 is 11.0 Å². The Morgan fingerprint density at radius 1 is 1.06 bits per heavy atom. The van der Waals surface area contributed by atoms with E-state index in [9.17, 15) is 9.59 Å². The monoisotopic (exact) mass is 440 g/mol. The van der Waals surface area contributed by atoms with Gasteiger partial charge in [0, 0.05) is 17.4 Å². The van der Waals surface area contributed by atoms with Crippen LogP contribution in [-0.4, -0.2) is 30.2 Å². The maximum atomic E-state index is 12.9. The van der Waals surface area contributed by atoms with E-state index in [4.69, 9.17) is 4.52 Å². The van der Waals surface area contributed by atoms with Gasteiger partial charge in [0.05, 0.1) is 5.56 Å². The molecule has 0 aliphatic carbocycles. The third-order valence-corrected chi connectivity index (χ3v) is 5.25. The molecule has 9 nitrogen and oxygen atoms in total. The smallest absolute Gasteiger partial charge is 0.333 e. The van der Waals surface area contributed by atoms with Gasteiger partial charge in [-0.25, -0.2) is 13.9 Å². The predicted molar refractivity (Wildman–Crippen MR) is 123 cm³/mol. The number of nitrogens with zero attached hydrogens (tertiary/aromatic N) is 5. The predicted octanol–water partition coefficient (Wildman–Crippen LogP) is 3.47. The summed E-state index contributed by atoms with van der Waals surface area (Å²) in [7, 11) is 0. The van der Waals surface area contributed by atoms with Crippen LogP contribution in [0.15, 0.2) is 76.2 Å². The first kappa shape index (κ1) is 20.4. The van der Waals surface area contributed by atoms with Crippen molar-refractivity contribution in [3.8, 4) is 22.8 Å². The van der Waals surface area contributed by atoms with E-state index in [2.05, 4.69) is 20.6 Å². The lowest BCUT2D eigenvalue weighted by Gasteiger charge is -2.08. The minimum atomic E-state index is -0.439. The molecule has 3 aromatic heterocycles. The molecule has 9 heteroatoms. The average Bonchev–Trinajstić information content (AvgIpc) is 3.42. The molecule has 0 spiro atoms. The number of pyridine rings is 1. The van der Waals surface area contributed by atoms with Gasteiger partial charge in [0.2, 0.25) is 11.7 Å². The molecule has 164 valence electrons. The molecule has 0 radical (unpaired) electrons. The summed E-state index contributed by atoms with van der Waals surface area (Å²) in [5, 5.41) is 11.2. The lowest BCUT2D eigenvalue weighted by molar-refractivity contribution is -0.117. The van der Waals surface area contributed by atoms with Crippen molar-refractivity contribution in [2.45, 2.75) is 20.4 Å². The molecule has 0 saturated heterocycles. The second-order valence-electron chi connectivity index (χ2n) is 7.71. The van der Waals surface area contributed by atoms with Crippen molar-refractivity contribution in [2.75, 3.05) is 5.32 Å². The van der Waals surface area contributed by atoms with E-state index in [0.29, 0.717) is 22.7 Å². The normalized spacial score (nSPS) is 11.1. The highest BCUT2D eigenvalue weighted by molar-refractivity contribution is 5.91. The summed E-state index contributed by atoms with van der Waals surface area (Å²) in [6, 6.07) is 18.6. The molecule has 0 atom stereocenters. The molecule has 33 heavy (non-hydrogen) atoms. The Labute approximate surface area is 188 Å². The summed E-state index contributed by atoms with van der Waals surface area (Å²) in [6.45, 7) is 3.67. The first-order chi connectivity index (χ1) is 16.0. The van der Waals surface area contributed by atoms with Crippen molar-refractivity contribution in [2.24, 2.45) is 0 Å². The molecular formula is C24H20N6O3. The van der Waals surface area contributed by atoms with E-state index >= 15 is 0 Å². The maximum absolute atomic E-state index is 12.9. The summed E-state index contributed by atoms with van der Waals surface area (Å²) in [5.74, 6) is 0.316. The van der Waals surface area contributed by atoms with Crippen LogP contribution >= 0.6 is 0 Å². The van der Waals surface area contributed by atoms with Gasteiger partial charge in [-0.1, -0.05) is 53.2 Å². The van der Waals surface area contributed by atoms with Gasteiger partial charge < -0.3 is 9.84 Å². The highest BCUT2D eigenvalue weighted by atomic mass is 16.5. The number of carbonyl (C=O) groups excluding carboxylic acids is 1. The van der Waals surface area contributed by atoms with Crippen LogP contribution in [0.4, 0.5) is 5.69 Å². The Hall–Kier alpha value is -4.53. The minimum absolute atomic E-state index is 0.230. The van der Waals surface area contributed by atoms with Crippen molar-refractivity contribution in [3.05, 3.63) is 88.5 Å². The van der Waals surface area contributed by atoms with E-state index in [1.165, 1.54) is 4.40 Å². The number of hydrogen-bond acceptors (Lipinski definition) is 6. The fourth-order valence-corrected chi connectivity index (χ4v) is 3.62. The Kier molecular flexibility index (Phi) is 5.06. The molecule has 2 aromatic carbocycles. The van der Waals surface area contributed by atoms with Gasteiger partial charge in [0.25, 0.3) is 5.89 Å². The molecule has 0 aliphatic rings. The molecule has 5 aromatic rings. The number of anilines is 1. The Balaban J connectivity index is 1.45. The zero-order valence-electron chi connectivity index (χ0n) is 18.0. The molecule has 0 fully saturated rings. The Morgan fingerprint density at radius 2 is 1.88 bits per heavy atom. The first-order valence-corrected chi connectivity index (χ1v) is 10.3. The molecule has 0 bridgehead atoms. The number of fused-ring (bicyclic) bond motifs is 1. The fraction of sp³-hybridized carbons (Fsp3) is 0.125. The zero-order valence-corrected chi connectivity index (χ0v) is 18.0. The number of aromatic nitrogens is 5. The van der Waals surface area contributed by atoms with Crippen LogP contribution in [0, 0.1) is 13.8 Å². The molecule has 3 heterocycles. The second kappa shape index (κ2) is 8.19. The van der Waals surface area contributed by atoms with E-state index in [0.717, 1.165) is 21.4 Å². The van der Waals surface area contributed by atoms with Crippen molar-refractivity contribution in [1.29, 1.82) is 0 Å². The second-order valence-corrected chi connectivity index (χ2v) is 7.71. The van der Waals surface area contributed by atoms with Crippen LogP contribution in [0.25, 0.3) is 28.5 Å². The lowest BCUT2D eigenvalue weighted by atomic mass is 10.1. The molecule has 1 N–H and O–H groups in total. The Bertz CT molecular complexity index is 1530. The van der Waals surface area contributed by atoms with Crippen LogP contribution in [0.3, 0.4) is 0 Å². The largest absolute Gasteiger partial charge is 0.350 e. The van der Waals surface area contributed by atoms with E-state index in [-0.39, 0.29) is 18.3 Å². The van der Waals surface area contributed by atoms with Crippen molar-refractivity contribution >= 4 is 17.2 Å². The highest BCUT2D eigenvalue weighted by Crippen LogP contribution is 2.24. The van der Waals surface area contributed by atoms with Gasteiger partial charge in [-0.2, -0.15) is 4.98 Å². The third kappa shape index (κ3) is 3.91. The van der Waals surface area contributed by atoms with Crippen molar-refractivity contribution in [3.63, 3.8) is 0 Å². The van der Waals surface area contributed by atoms with Gasteiger partial charge >= 0.3 is 5.69 Å². The lowest BCUT2D eigenvalue weighted by Crippen LogP contribution is -2.28. The number of aryl methyl sites for hydroxylation is 2. The number of amides is 1. The number of hydrogen-bond donors (Lipinski definition) is 1. The van der Waals surface area contributed by atoms with Crippen molar-refractivity contribution < 1.29 is 9.32 Å². The topological polar surface area (TPSA) is 107 Å². The first-order valence-electron chi connectivity index (χ1n) is 10.3. The van der Waals surface area contributed by atoms with E-state index in [1.54, 1.807) is 18.3 Å². The Morgan fingerprint density at radius 3 is 2.67 bits per heavy atom.